The first-order valence-electron chi connectivity index (χ1n) is 4.11. The predicted octanol–water partition coefficient (Wildman–Crippen LogP) is 2.59. The van der Waals surface area contributed by atoms with Gasteiger partial charge in [0, 0.05) is 26.2 Å². The van der Waals surface area contributed by atoms with Gasteiger partial charge in [-0.2, -0.15) is 22.8 Å². The van der Waals surface area contributed by atoms with Crippen LogP contribution in [0.3, 0.4) is 0 Å². The molecule has 58 valence electrons. The number of aryl methyl sites for hydroxylation is 3. The van der Waals surface area contributed by atoms with Crippen LogP contribution < -0.4 is 0 Å². The van der Waals surface area contributed by atoms with Gasteiger partial charge in [-0.05, 0) is 0 Å². The second-order valence-corrected chi connectivity index (χ2v) is 3.29. The van der Waals surface area contributed by atoms with Crippen LogP contribution in [0.5, 0.6) is 0 Å². The smallest absolute Gasteiger partial charge is 0 e. The molecule has 1 aromatic rings. The fourth-order valence-electron chi connectivity index (χ4n) is 1.87. The van der Waals surface area contributed by atoms with E-state index in [1.165, 1.54) is 31.2 Å². The maximum Gasteiger partial charge on any atom is 0 e. The van der Waals surface area contributed by atoms with Crippen molar-refractivity contribution in [1.82, 2.24) is 0 Å². The van der Waals surface area contributed by atoms with E-state index in [2.05, 4.69) is 19.1 Å². The number of hydrogen-bond donors (Lipinski definition) is 0. The zero-order valence-electron chi connectivity index (χ0n) is 6.98. The topological polar surface area (TPSA) is 0 Å². The van der Waals surface area contributed by atoms with Crippen LogP contribution in [-0.2, 0) is 39.0 Å². The Morgan fingerprint density at radius 1 is 1.27 bits per heavy atom. The molecule has 0 saturated heterocycles. The first-order chi connectivity index (χ1) is 4.86. The van der Waals surface area contributed by atoms with Crippen molar-refractivity contribution in [1.29, 1.82) is 0 Å². The fourth-order valence-corrected chi connectivity index (χ4v) is 1.87. The molecule has 0 N–H and O–H groups in total. The van der Waals surface area contributed by atoms with Gasteiger partial charge < -0.3 is 0 Å². The monoisotopic (exact) mass is 223 g/mol. The van der Waals surface area contributed by atoms with E-state index in [-0.39, 0.29) is 26.2 Å². The van der Waals surface area contributed by atoms with Crippen molar-refractivity contribution in [3.63, 3.8) is 0 Å². The molecule has 0 atom stereocenters. The van der Waals surface area contributed by atoms with Gasteiger partial charge in [-0.3, -0.25) is 0 Å². The Balaban J connectivity index is 0.000000605. The summed E-state index contributed by atoms with van der Waals surface area (Å²) in [4.78, 5) is 0. The van der Waals surface area contributed by atoms with E-state index in [0.717, 1.165) is 0 Å². The second kappa shape index (κ2) is 3.76. The maximum atomic E-state index is 2.34. The van der Waals surface area contributed by atoms with E-state index in [1.54, 1.807) is 11.1 Å². The molecule has 0 aromatic heterocycles. The van der Waals surface area contributed by atoms with Crippen LogP contribution in [0.25, 0.3) is 0 Å². The van der Waals surface area contributed by atoms with Crippen LogP contribution in [0.1, 0.15) is 29.5 Å². The third-order valence-electron chi connectivity index (χ3n) is 2.36. The summed E-state index contributed by atoms with van der Waals surface area (Å²) < 4.78 is 0. The quantitative estimate of drug-likeness (QED) is 0.594. The summed E-state index contributed by atoms with van der Waals surface area (Å²) >= 11 is 0. The molecule has 1 aliphatic carbocycles. The average molecular weight is 224 g/mol. The standard InChI is InChI=1S/C10H13.Zr/c1-8-6-9-4-2-3-5-10(9)7-8;/h6-7H,2-5H2,1H3;/q-1;. The molecule has 0 spiro atoms. The van der Waals surface area contributed by atoms with E-state index < -0.39 is 0 Å². The summed E-state index contributed by atoms with van der Waals surface area (Å²) in [6, 6.07) is 4.68. The minimum Gasteiger partial charge on any atom is -0.207 e. The van der Waals surface area contributed by atoms with E-state index >= 15 is 0 Å². The summed E-state index contributed by atoms with van der Waals surface area (Å²) in [7, 11) is 0. The van der Waals surface area contributed by atoms with Crippen LogP contribution in [0.2, 0.25) is 0 Å². The van der Waals surface area contributed by atoms with Gasteiger partial charge in [0.25, 0.3) is 0 Å². The van der Waals surface area contributed by atoms with Crippen LogP contribution in [0, 0.1) is 6.92 Å². The Hall–Kier alpha value is 0.233. The normalized spacial score (nSPS) is 15.4. The Bertz CT molecular complexity index is 212. The number of rotatable bonds is 0. The minimum atomic E-state index is 0. The van der Waals surface area contributed by atoms with Crippen molar-refractivity contribution in [3.05, 3.63) is 28.8 Å². The molecule has 1 aliphatic rings. The Kier molecular flexibility index (Phi) is 3.19. The molecule has 0 unspecified atom stereocenters. The van der Waals surface area contributed by atoms with Crippen molar-refractivity contribution in [2.75, 3.05) is 0 Å². The van der Waals surface area contributed by atoms with Crippen LogP contribution in [0.15, 0.2) is 12.1 Å². The van der Waals surface area contributed by atoms with Gasteiger partial charge in [-0.15, -0.1) is 0 Å². The molecule has 0 bridgehead atoms. The SMILES string of the molecule is Cc1cc2c([cH-]1)CCCC2.[Zr]. The van der Waals surface area contributed by atoms with Crippen molar-refractivity contribution in [3.8, 4) is 0 Å². The van der Waals surface area contributed by atoms with Gasteiger partial charge in [0.2, 0.25) is 0 Å². The molecular weight excluding hydrogens is 211 g/mol. The van der Waals surface area contributed by atoms with E-state index in [1.807, 2.05) is 0 Å². The third-order valence-corrected chi connectivity index (χ3v) is 2.36. The molecular formula is C10H13Zr-. The molecule has 0 radical (unpaired) electrons. The van der Waals surface area contributed by atoms with Crippen molar-refractivity contribution >= 4 is 0 Å². The molecule has 0 heterocycles. The molecule has 0 amide bonds. The fraction of sp³-hybridized carbons (Fsp3) is 0.500. The minimum absolute atomic E-state index is 0. The second-order valence-electron chi connectivity index (χ2n) is 3.29. The van der Waals surface area contributed by atoms with Crippen LogP contribution in [0.4, 0.5) is 0 Å². The molecule has 0 fully saturated rings. The maximum absolute atomic E-state index is 2.34. The summed E-state index contributed by atoms with van der Waals surface area (Å²) in [6.45, 7) is 2.19. The molecule has 2 rings (SSSR count). The first-order valence-corrected chi connectivity index (χ1v) is 4.11. The summed E-state index contributed by atoms with van der Waals surface area (Å²) in [5.41, 5.74) is 4.68. The molecule has 0 saturated carbocycles. The van der Waals surface area contributed by atoms with Crippen molar-refractivity contribution in [2.45, 2.75) is 32.6 Å². The van der Waals surface area contributed by atoms with Crippen LogP contribution >= 0.6 is 0 Å². The van der Waals surface area contributed by atoms with Gasteiger partial charge in [-0.1, -0.05) is 32.6 Å². The molecule has 1 heteroatoms. The Morgan fingerprint density at radius 3 is 2.73 bits per heavy atom. The van der Waals surface area contributed by atoms with Crippen molar-refractivity contribution in [2.24, 2.45) is 0 Å². The van der Waals surface area contributed by atoms with Gasteiger partial charge >= 0.3 is 0 Å². The molecule has 11 heavy (non-hydrogen) atoms. The first kappa shape index (κ1) is 9.32. The number of hydrogen-bond acceptors (Lipinski definition) is 0. The number of fused-ring (bicyclic) bond motifs is 1. The Labute approximate surface area is 87.5 Å². The largest absolute Gasteiger partial charge is 0.207 e. The summed E-state index contributed by atoms with van der Waals surface area (Å²) in [6.07, 6.45) is 5.44. The van der Waals surface area contributed by atoms with Gasteiger partial charge in [0.05, 0.1) is 0 Å². The molecule has 0 nitrogen and oxygen atoms in total. The molecule has 1 aromatic carbocycles. The summed E-state index contributed by atoms with van der Waals surface area (Å²) in [5, 5.41) is 0. The van der Waals surface area contributed by atoms with Crippen LogP contribution in [-0.4, -0.2) is 0 Å². The molecule has 0 aliphatic heterocycles. The van der Waals surface area contributed by atoms with E-state index in [0.29, 0.717) is 0 Å². The van der Waals surface area contributed by atoms with Crippen molar-refractivity contribution < 1.29 is 26.2 Å². The Morgan fingerprint density at radius 2 is 2.00 bits per heavy atom. The van der Waals surface area contributed by atoms with E-state index in [9.17, 15) is 0 Å². The van der Waals surface area contributed by atoms with Gasteiger partial charge in [0.15, 0.2) is 0 Å². The predicted molar refractivity (Wildman–Crippen MR) is 43.4 cm³/mol. The zero-order chi connectivity index (χ0) is 6.97. The zero-order valence-corrected chi connectivity index (χ0v) is 9.44. The third kappa shape index (κ3) is 1.88. The van der Waals surface area contributed by atoms with Gasteiger partial charge in [-0.25, -0.2) is 6.07 Å². The summed E-state index contributed by atoms with van der Waals surface area (Å²) in [5.74, 6) is 0. The van der Waals surface area contributed by atoms with E-state index in [4.69, 9.17) is 0 Å². The van der Waals surface area contributed by atoms with Gasteiger partial charge in [0.1, 0.15) is 0 Å². The average Bonchev–Trinajstić information content (AvgIpc) is 2.27.